The summed E-state index contributed by atoms with van der Waals surface area (Å²) in [5.74, 6) is -0.580. The molecule has 0 unspecified atom stereocenters. The van der Waals surface area contributed by atoms with E-state index in [-0.39, 0.29) is 11.7 Å². The third kappa shape index (κ3) is 2.56. The van der Waals surface area contributed by atoms with Crippen LogP contribution in [0.25, 0.3) is 0 Å². The van der Waals surface area contributed by atoms with E-state index in [9.17, 15) is 9.18 Å². The summed E-state index contributed by atoms with van der Waals surface area (Å²) in [6, 6.07) is 5.45. The molecule has 18 heavy (non-hydrogen) atoms. The van der Waals surface area contributed by atoms with Gasteiger partial charge in [-0.25, -0.2) is 4.39 Å². The number of rotatable bonds is 3. The van der Waals surface area contributed by atoms with Crippen molar-refractivity contribution in [2.75, 3.05) is 0 Å². The predicted molar refractivity (Wildman–Crippen MR) is 65.6 cm³/mol. The van der Waals surface area contributed by atoms with E-state index in [1.165, 1.54) is 24.3 Å². The average molecular weight is 247 g/mol. The number of hydrogen-bond donors (Lipinski definition) is 2. The van der Waals surface area contributed by atoms with Crippen LogP contribution in [0, 0.1) is 19.7 Å². The second-order valence-electron chi connectivity index (χ2n) is 4.10. The molecule has 0 fully saturated rings. The van der Waals surface area contributed by atoms with Gasteiger partial charge in [0.05, 0.1) is 5.69 Å². The zero-order valence-electron chi connectivity index (χ0n) is 10.2. The average Bonchev–Trinajstić information content (AvgIpc) is 2.67. The maximum Gasteiger partial charge on any atom is 0.251 e. The van der Waals surface area contributed by atoms with Gasteiger partial charge in [-0.1, -0.05) is 0 Å². The standard InChI is InChI=1S/C13H14FN3O/c1-8-12(9(2)17-16-8)7-15-13(18)10-3-5-11(14)6-4-10/h3-6H,7H2,1-2H3,(H,15,18)(H,16,17). The molecule has 0 saturated heterocycles. The van der Waals surface area contributed by atoms with Crippen molar-refractivity contribution < 1.29 is 9.18 Å². The van der Waals surface area contributed by atoms with Crippen molar-refractivity contribution in [1.29, 1.82) is 0 Å². The zero-order valence-corrected chi connectivity index (χ0v) is 10.2. The number of carbonyl (C=O) groups excluding carboxylic acids is 1. The van der Waals surface area contributed by atoms with Gasteiger partial charge in [0.2, 0.25) is 0 Å². The van der Waals surface area contributed by atoms with Crippen LogP contribution in [0.1, 0.15) is 27.3 Å². The summed E-state index contributed by atoms with van der Waals surface area (Å²) in [4.78, 5) is 11.8. The van der Waals surface area contributed by atoms with Crippen molar-refractivity contribution in [1.82, 2.24) is 15.5 Å². The van der Waals surface area contributed by atoms with Crippen LogP contribution in [0.3, 0.4) is 0 Å². The van der Waals surface area contributed by atoms with Gasteiger partial charge < -0.3 is 5.32 Å². The molecule has 0 bridgehead atoms. The van der Waals surface area contributed by atoms with Gasteiger partial charge in [-0.15, -0.1) is 0 Å². The van der Waals surface area contributed by atoms with E-state index in [1.54, 1.807) is 0 Å². The monoisotopic (exact) mass is 247 g/mol. The minimum atomic E-state index is -0.354. The molecule has 4 nitrogen and oxygen atoms in total. The molecule has 0 aliphatic carbocycles. The van der Waals surface area contributed by atoms with E-state index in [1.807, 2.05) is 13.8 Å². The molecule has 0 aliphatic rings. The Morgan fingerprint density at radius 2 is 2.00 bits per heavy atom. The second-order valence-corrected chi connectivity index (χ2v) is 4.10. The Bertz CT molecular complexity index is 541. The van der Waals surface area contributed by atoms with Gasteiger partial charge in [-0.2, -0.15) is 5.10 Å². The van der Waals surface area contributed by atoms with Crippen LogP contribution >= 0.6 is 0 Å². The van der Waals surface area contributed by atoms with Gasteiger partial charge in [0.25, 0.3) is 5.91 Å². The predicted octanol–water partition coefficient (Wildman–Crippen LogP) is 2.10. The van der Waals surface area contributed by atoms with Gasteiger partial charge in [0.1, 0.15) is 5.82 Å². The summed E-state index contributed by atoms with van der Waals surface area (Å²) < 4.78 is 12.7. The smallest absolute Gasteiger partial charge is 0.251 e. The lowest BCUT2D eigenvalue weighted by molar-refractivity contribution is 0.0951. The number of halogens is 1. The highest BCUT2D eigenvalue weighted by Crippen LogP contribution is 2.09. The van der Waals surface area contributed by atoms with E-state index in [4.69, 9.17) is 0 Å². The van der Waals surface area contributed by atoms with E-state index in [2.05, 4.69) is 15.5 Å². The molecule has 1 aromatic heterocycles. The second kappa shape index (κ2) is 5.00. The van der Waals surface area contributed by atoms with E-state index in [0.717, 1.165) is 17.0 Å². The Balaban J connectivity index is 2.03. The highest BCUT2D eigenvalue weighted by atomic mass is 19.1. The number of amides is 1. The summed E-state index contributed by atoms with van der Waals surface area (Å²) in [6.45, 7) is 4.19. The summed E-state index contributed by atoms with van der Waals surface area (Å²) in [5.41, 5.74) is 3.22. The largest absolute Gasteiger partial charge is 0.348 e. The molecule has 1 aromatic carbocycles. The van der Waals surface area contributed by atoms with Crippen molar-refractivity contribution in [3.8, 4) is 0 Å². The van der Waals surface area contributed by atoms with Gasteiger partial charge in [-0.3, -0.25) is 9.89 Å². The molecule has 94 valence electrons. The third-order valence-electron chi connectivity index (χ3n) is 2.81. The first kappa shape index (κ1) is 12.3. The SMILES string of the molecule is Cc1n[nH]c(C)c1CNC(=O)c1ccc(F)cc1. The fraction of sp³-hybridized carbons (Fsp3) is 0.231. The number of hydrogen-bond acceptors (Lipinski definition) is 2. The molecule has 0 aliphatic heterocycles. The van der Waals surface area contributed by atoms with Crippen molar-refractivity contribution >= 4 is 5.91 Å². The highest BCUT2D eigenvalue weighted by Gasteiger charge is 2.09. The zero-order chi connectivity index (χ0) is 13.1. The van der Waals surface area contributed by atoms with Crippen LogP contribution in [-0.2, 0) is 6.54 Å². The number of nitrogens with one attached hydrogen (secondary N) is 2. The fourth-order valence-corrected chi connectivity index (χ4v) is 1.71. The normalized spacial score (nSPS) is 10.4. The van der Waals surface area contributed by atoms with Crippen LogP contribution in [0.4, 0.5) is 4.39 Å². The summed E-state index contributed by atoms with van der Waals surface area (Å²) in [6.07, 6.45) is 0. The first-order chi connectivity index (χ1) is 8.58. The number of H-pyrrole nitrogens is 1. The van der Waals surface area contributed by atoms with Gasteiger partial charge >= 0.3 is 0 Å². The third-order valence-corrected chi connectivity index (χ3v) is 2.81. The highest BCUT2D eigenvalue weighted by molar-refractivity contribution is 5.94. The molecular formula is C13H14FN3O. The number of nitrogens with zero attached hydrogens (tertiary/aromatic N) is 1. The van der Waals surface area contributed by atoms with Gasteiger partial charge in [0.15, 0.2) is 0 Å². The topological polar surface area (TPSA) is 57.8 Å². The van der Waals surface area contributed by atoms with Crippen LogP contribution in [-0.4, -0.2) is 16.1 Å². The van der Waals surface area contributed by atoms with Crippen molar-refractivity contribution in [2.45, 2.75) is 20.4 Å². The van der Waals surface area contributed by atoms with Crippen molar-refractivity contribution in [3.05, 3.63) is 52.6 Å². The van der Waals surface area contributed by atoms with Crippen molar-refractivity contribution in [2.24, 2.45) is 0 Å². The number of benzene rings is 1. The fourth-order valence-electron chi connectivity index (χ4n) is 1.71. The Morgan fingerprint density at radius 1 is 1.33 bits per heavy atom. The molecule has 5 heteroatoms. The summed E-state index contributed by atoms with van der Waals surface area (Å²) in [7, 11) is 0. The minimum Gasteiger partial charge on any atom is -0.348 e. The Hall–Kier alpha value is -2.17. The molecular weight excluding hydrogens is 233 g/mol. The molecule has 2 N–H and O–H groups in total. The maximum atomic E-state index is 12.7. The Morgan fingerprint density at radius 3 is 2.56 bits per heavy atom. The first-order valence-corrected chi connectivity index (χ1v) is 5.62. The summed E-state index contributed by atoms with van der Waals surface area (Å²) >= 11 is 0. The van der Waals surface area contributed by atoms with Crippen LogP contribution in [0.5, 0.6) is 0 Å². The molecule has 2 rings (SSSR count). The summed E-state index contributed by atoms with van der Waals surface area (Å²) in [5, 5.41) is 9.69. The van der Waals surface area contributed by atoms with Crippen LogP contribution in [0.2, 0.25) is 0 Å². The minimum absolute atomic E-state index is 0.227. The number of aromatic amines is 1. The Kier molecular flexibility index (Phi) is 3.41. The molecule has 0 spiro atoms. The lowest BCUT2D eigenvalue weighted by atomic mass is 10.1. The quantitative estimate of drug-likeness (QED) is 0.872. The number of aryl methyl sites for hydroxylation is 2. The molecule has 0 atom stereocenters. The Labute approximate surface area is 104 Å². The maximum absolute atomic E-state index is 12.7. The molecule has 0 radical (unpaired) electrons. The number of aromatic nitrogens is 2. The van der Waals surface area contributed by atoms with Gasteiger partial charge in [0, 0.05) is 23.4 Å². The lowest BCUT2D eigenvalue weighted by Crippen LogP contribution is -2.23. The first-order valence-electron chi connectivity index (χ1n) is 5.62. The lowest BCUT2D eigenvalue weighted by Gasteiger charge is -2.05. The van der Waals surface area contributed by atoms with Crippen LogP contribution < -0.4 is 5.32 Å². The van der Waals surface area contributed by atoms with E-state index in [0.29, 0.717) is 12.1 Å². The molecule has 0 saturated carbocycles. The molecule has 2 aromatic rings. The molecule has 1 amide bonds. The van der Waals surface area contributed by atoms with E-state index >= 15 is 0 Å². The van der Waals surface area contributed by atoms with Gasteiger partial charge in [-0.05, 0) is 38.1 Å². The number of carbonyl (C=O) groups is 1. The van der Waals surface area contributed by atoms with Crippen LogP contribution in [0.15, 0.2) is 24.3 Å². The molecule has 1 heterocycles. The van der Waals surface area contributed by atoms with Crippen molar-refractivity contribution in [3.63, 3.8) is 0 Å². The van der Waals surface area contributed by atoms with E-state index < -0.39 is 0 Å².